The Morgan fingerprint density at radius 3 is 2.75 bits per heavy atom. The van der Waals surface area contributed by atoms with Crippen LogP contribution in [-0.2, 0) is 4.74 Å². The predicted octanol–water partition coefficient (Wildman–Crippen LogP) is 1.82. The number of nitrogens with one attached hydrogen (secondary N) is 1. The number of hydrogen-bond donors (Lipinski definition) is 1. The third-order valence-corrected chi connectivity index (χ3v) is 3.41. The molecule has 0 spiro atoms. The van der Waals surface area contributed by atoms with Gasteiger partial charge in [-0.3, -0.25) is 14.7 Å². The largest absolute Gasteiger partial charge is 0.447 e. The normalized spacial score (nSPS) is 13.0. The van der Waals surface area contributed by atoms with Crippen molar-refractivity contribution in [3.63, 3.8) is 0 Å². The van der Waals surface area contributed by atoms with Gasteiger partial charge < -0.3 is 10.1 Å². The van der Waals surface area contributed by atoms with Crippen LogP contribution in [0, 0.1) is 11.8 Å². The average Bonchev–Trinajstić information content (AvgIpc) is 3.06. The van der Waals surface area contributed by atoms with Crippen LogP contribution >= 0.6 is 0 Å². The van der Waals surface area contributed by atoms with Gasteiger partial charge >= 0.3 is 6.09 Å². The molecular formula is C18H15N3O3. The lowest BCUT2D eigenvalue weighted by Crippen LogP contribution is -2.24. The van der Waals surface area contributed by atoms with Crippen LogP contribution in [0.2, 0.25) is 0 Å². The molecule has 0 radical (unpaired) electrons. The Morgan fingerprint density at radius 2 is 2.08 bits per heavy atom. The lowest BCUT2D eigenvalue weighted by Gasteiger charge is -2.11. The summed E-state index contributed by atoms with van der Waals surface area (Å²) in [6, 6.07) is 12.5. The summed E-state index contributed by atoms with van der Waals surface area (Å²) < 4.78 is 4.90. The van der Waals surface area contributed by atoms with Crippen LogP contribution in [0.1, 0.15) is 16.1 Å². The number of carbonyl (C=O) groups is 2. The second-order valence-corrected chi connectivity index (χ2v) is 5.01. The summed E-state index contributed by atoms with van der Waals surface area (Å²) in [7, 11) is 0. The molecular weight excluding hydrogens is 306 g/mol. The van der Waals surface area contributed by atoms with Crippen LogP contribution in [0.3, 0.4) is 0 Å². The fourth-order valence-electron chi connectivity index (χ4n) is 2.21. The van der Waals surface area contributed by atoms with Gasteiger partial charge in [-0.25, -0.2) is 4.79 Å². The molecule has 24 heavy (non-hydrogen) atoms. The molecule has 3 rings (SSSR count). The first-order valence-corrected chi connectivity index (χ1v) is 7.46. The summed E-state index contributed by atoms with van der Waals surface area (Å²) in [6.07, 6.45) is 1.24. The highest BCUT2D eigenvalue weighted by atomic mass is 16.6. The fourth-order valence-corrected chi connectivity index (χ4v) is 2.21. The van der Waals surface area contributed by atoms with E-state index in [2.05, 4.69) is 22.1 Å². The van der Waals surface area contributed by atoms with Gasteiger partial charge in [-0.1, -0.05) is 17.9 Å². The molecule has 6 heteroatoms. The lowest BCUT2D eigenvalue weighted by atomic mass is 10.2. The van der Waals surface area contributed by atoms with Gasteiger partial charge in [-0.2, -0.15) is 0 Å². The Balaban J connectivity index is 1.54. The quantitative estimate of drug-likeness (QED) is 0.875. The molecule has 1 saturated heterocycles. The van der Waals surface area contributed by atoms with Gasteiger partial charge in [0.25, 0.3) is 5.91 Å². The van der Waals surface area contributed by atoms with Crippen molar-refractivity contribution < 1.29 is 14.3 Å². The molecule has 1 aliphatic rings. The molecule has 0 bridgehead atoms. The SMILES string of the molecule is O=C(NCC#Cc1ccc(N2CCOC2=O)cc1)c1ccccn1. The molecule has 1 aliphatic heterocycles. The van der Waals surface area contributed by atoms with Crippen molar-refractivity contribution in [2.75, 3.05) is 24.6 Å². The summed E-state index contributed by atoms with van der Waals surface area (Å²) in [5.74, 6) is 5.59. The van der Waals surface area contributed by atoms with Crippen LogP contribution in [0.4, 0.5) is 10.5 Å². The van der Waals surface area contributed by atoms with E-state index in [1.165, 1.54) is 0 Å². The first-order chi connectivity index (χ1) is 11.7. The minimum atomic E-state index is -0.328. The smallest absolute Gasteiger partial charge is 0.414 e. The monoisotopic (exact) mass is 321 g/mol. The van der Waals surface area contributed by atoms with Crippen molar-refractivity contribution in [1.82, 2.24) is 10.3 Å². The topological polar surface area (TPSA) is 71.5 Å². The summed E-state index contributed by atoms with van der Waals surface area (Å²) in [6.45, 7) is 1.20. The van der Waals surface area contributed by atoms with Crippen molar-refractivity contribution in [2.45, 2.75) is 0 Å². The van der Waals surface area contributed by atoms with Gasteiger partial charge in [0.15, 0.2) is 0 Å². The molecule has 0 saturated carbocycles. The number of aromatic nitrogens is 1. The van der Waals surface area contributed by atoms with Crippen molar-refractivity contribution >= 4 is 17.7 Å². The van der Waals surface area contributed by atoms with E-state index in [1.807, 2.05) is 24.3 Å². The molecule has 0 atom stereocenters. The highest BCUT2D eigenvalue weighted by Gasteiger charge is 2.23. The Bertz CT molecular complexity index is 792. The number of rotatable bonds is 3. The third kappa shape index (κ3) is 3.70. The Morgan fingerprint density at radius 1 is 1.25 bits per heavy atom. The van der Waals surface area contributed by atoms with Gasteiger partial charge in [0.1, 0.15) is 12.3 Å². The van der Waals surface area contributed by atoms with Crippen LogP contribution in [-0.4, -0.2) is 36.7 Å². The molecule has 0 aliphatic carbocycles. The standard InChI is InChI=1S/C18H15N3O3/c22-17(16-5-1-2-10-19-16)20-11-3-4-14-6-8-15(9-7-14)21-12-13-24-18(21)23/h1-2,5-10H,11-13H2,(H,20,22). The van der Waals surface area contributed by atoms with Crippen molar-refractivity contribution in [3.8, 4) is 11.8 Å². The molecule has 2 aromatic rings. The van der Waals surface area contributed by atoms with Crippen molar-refractivity contribution in [3.05, 3.63) is 59.9 Å². The number of amides is 2. The first-order valence-electron chi connectivity index (χ1n) is 7.46. The zero-order valence-corrected chi connectivity index (χ0v) is 12.9. The maximum atomic E-state index is 11.8. The highest BCUT2D eigenvalue weighted by Crippen LogP contribution is 2.18. The van der Waals surface area contributed by atoms with Crippen LogP contribution < -0.4 is 10.2 Å². The van der Waals surface area contributed by atoms with E-state index in [-0.39, 0.29) is 18.5 Å². The fraction of sp³-hybridized carbons (Fsp3) is 0.167. The van der Waals surface area contributed by atoms with Crippen LogP contribution in [0.25, 0.3) is 0 Å². The minimum absolute atomic E-state index is 0.232. The highest BCUT2D eigenvalue weighted by molar-refractivity contribution is 5.92. The molecule has 6 nitrogen and oxygen atoms in total. The molecule has 2 heterocycles. The zero-order chi connectivity index (χ0) is 16.8. The molecule has 0 unspecified atom stereocenters. The molecule has 1 N–H and O–H groups in total. The number of cyclic esters (lactones) is 1. The van der Waals surface area contributed by atoms with E-state index in [1.54, 1.807) is 29.3 Å². The Hall–Kier alpha value is -3.33. The van der Waals surface area contributed by atoms with E-state index in [0.717, 1.165) is 11.3 Å². The van der Waals surface area contributed by atoms with E-state index in [0.29, 0.717) is 18.8 Å². The molecule has 1 aromatic carbocycles. The van der Waals surface area contributed by atoms with Gasteiger partial charge in [0.2, 0.25) is 0 Å². The summed E-state index contributed by atoms with van der Waals surface area (Å²) >= 11 is 0. The van der Waals surface area contributed by atoms with E-state index >= 15 is 0 Å². The molecule has 1 aromatic heterocycles. The molecule has 120 valence electrons. The predicted molar refractivity (Wildman–Crippen MR) is 88.6 cm³/mol. The number of pyridine rings is 1. The second-order valence-electron chi connectivity index (χ2n) is 5.01. The number of nitrogens with zero attached hydrogens (tertiary/aromatic N) is 2. The average molecular weight is 321 g/mol. The summed E-state index contributed by atoms with van der Waals surface area (Å²) in [5.41, 5.74) is 1.95. The maximum Gasteiger partial charge on any atom is 0.414 e. The number of benzene rings is 1. The number of ether oxygens (including phenoxy) is 1. The Kier molecular flexibility index (Phi) is 4.73. The van der Waals surface area contributed by atoms with Crippen LogP contribution in [0.15, 0.2) is 48.7 Å². The van der Waals surface area contributed by atoms with E-state index in [9.17, 15) is 9.59 Å². The molecule has 1 fully saturated rings. The number of hydrogen-bond acceptors (Lipinski definition) is 4. The van der Waals surface area contributed by atoms with Crippen molar-refractivity contribution in [2.24, 2.45) is 0 Å². The van der Waals surface area contributed by atoms with E-state index < -0.39 is 0 Å². The van der Waals surface area contributed by atoms with Gasteiger partial charge in [-0.05, 0) is 36.4 Å². The van der Waals surface area contributed by atoms with Gasteiger partial charge in [-0.15, -0.1) is 0 Å². The molecule has 2 amide bonds. The summed E-state index contributed by atoms with van der Waals surface area (Å²) in [5, 5.41) is 2.69. The number of anilines is 1. The zero-order valence-electron chi connectivity index (χ0n) is 12.9. The number of carbonyl (C=O) groups excluding carboxylic acids is 2. The van der Waals surface area contributed by atoms with Gasteiger partial charge in [0, 0.05) is 17.4 Å². The van der Waals surface area contributed by atoms with E-state index in [4.69, 9.17) is 4.74 Å². The maximum absolute atomic E-state index is 11.8. The third-order valence-electron chi connectivity index (χ3n) is 3.41. The van der Waals surface area contributed by atoms with Gasteiger partial charge in [0.05, 0.1) is 13.1 Å². The summed E-state index contributed by atoms with van der Waals surface area (Å²) in [4.78, 5) is 28.8. The van der Waals surface area contributed by atoms with Crippen LogP contribution in [0.5, 0.6) is 0 Å². The first kappa shape index (κ1) is 15.6. The second kappa shape index (κ2) is 7.29. The lowest BCUT2D eigenvalue weighted by molar-refractivity contribution is 0.0953. The minimum Gasteiger partial charge on any atom is -0.447 e. The van der Waals surface area contributed by atoms with Crippen molar-refractivity contribution in [1.29, 1.82) is 0 Å². The Labute approximate surface area is 139 Å².